The van der Waals surface area contributed by atoms with E-state index in [1.54, 1.807) is 14.2 Å². The van der Waals surface area contributed by atoms with Crippen LogP contribution in [0, 0.1) is 0 Å². The van der Waals surface area contributed by atoms with Gasteiger partial charge < -0.3 is 14.8 Å². The van der Waals surface area contributed by atoms with Gasteiger partial charge in [0.15, 0.2) is 11.5 Å². The van der Waals surface area contributed by atoms with E-state index in [2.05, 4.69) is 17.2 Å². The van der Waals surface area contributed by atoms with Crippen molar-refractivity contribution in [2.75, 3.05) is 26.1 Å². The molecule has 1 aromatic carbocycles. The van der Waals surface area contributed by atoms with Crippen molar-refractivity contribution in [1.29, 1.82) is 0 Å². The number of hydrogen-bond donors (Lipinski definition) is 1. The molecule has 0 spiro atoms. The molecule has 1 heterocycles. The fourth-order valence-electron chi connectivity index (χ4n) is 2.22. The zero-order chi connectivity index (χ0) is 14.4. The number of nitrogens with zero attached hydrogens (tertiary/aromatic N) is 1. The first-order valence-electron chi connectivity index (χ1n) is 7.04. The number of pyridine rings is 1. The van der Waals surface area contributed by atoms with Crippen LogP contribution in [-0.4, -0.2) is 25.7 Å². The van der Waals surface area contributed by atoms with Gasteiger partial charge >= 0.3 is 0 Å². The molecular formula is C16H22N2O2. The Morgan fingerprint density at radius 2 is 1.85 bits per heavy atom. The monoisotopic (exact) mass is 274 g/mol. The van der Waals surface area contributed by atoms with E-state index >= 15 is 0 Å². The lowest BCUT2D eigenvalue weighted by Gasteiger charge is -2.12. The van der Waals surface area contributed by atoms with Crippen molar-refractivity contribution in [1.82, 2.24) is 4.98 Å². The molecule has 0 fully saturated rings. The second-order valence-electron chi connectivity index (χ2n) is 4.72. The third kappa shape index (κ3) is 3.13. The van der Waals surface area contributed by atoms with Crippen LogP contribution in [0.25, 0.3) is 10.8 Å². The van der Waals surface area contributed by atoms with Crippen LogP contribution >= 0.6 is 0 Å². The summed E-state index contributed by atoms with van der Waals surface area (Å²) in [7, 11) is 3.29. The fourth-order valence-corrected chi connectivity index (χ4v) is 2.22. The average Bonchev–Trinajstić information content (AvgIpc) is 2.50. The molecule has 0 aliphatic carbocycles. The van der Waals surface area contributed by atoms with Crippen molar-refractivity contribution < 1.29 is 9.47 Å². The van der Waals surface area contributed by atoms with Crippen LogP contribution in [0.5, 0.6) is 11.5 Å². The van der Waals surface area contributed by atoms with Crippen molar-refractivity contribution in [3.63, 3.8) is 0 Å². The van der Waals surface area contributed by atoms with Crippen LogP contribution in [0.15, 0.2) is 24.4 Å². The fraction of sp³-hybridized carbons (Fsp3) is 0.438. The summed E-state index contributed by atoms with van der Waals surface area (Å²) >= 11 is 0. The van der Waals surface area contributed by atoms with Crippen molar-refractivity contribution in [3.8, 4) is 11.5 Å². The van der Waals surface area contributed by atoms with Gasteiger partial charge in [-0.1, -0.05) is 19.8 Å². The number of methoxy groups -OCH3 is 2. The Morgan fingerprint density at radius 1 is 1.10 bits per heavy atom. The number of nitrogens with one attached hydrogen (secondary N) is 1. The van der Waals surface area contributed by atoms with E-state index in [0.717, 1.165) is 41.1 Å². The molecular weight excluding hydrogens is 252 g/mol. The normalized spacial score (nSPS) is 10.6. The quantitative estimate of drug-likeness (QED) is 0.779. The van der Waals surface area contributed by atoms with Gasteiger partial charge in [0.25, 0.3) is 0 Å². The predicted octanol–water partition coefficient (Wildman–Crippen LogP) is 3.85. The number of benzene rings is 1. The molecule has 20 heavy (non-hydrogen) atoms. The number of aromatic nitrogens is 1. The topological polar surface area (TPSA) is 43.4 Å². The summed E-state index contributed by atoms with van der Waals surface area (Å²) in [5.41, 5.74) is 0. The van der Waals surface area contributed by atoms with E-state index in [0.29, 0.717) is 0 Å². The molecule has 0 radical (unpaired) electrons. The first kappa shape index (κ1) is 14.4. The van der Waals surface area contributed by atoms with E-state index in [1.807, 2.05) is 24.4 Å². The molecule has 0 unspecified atom stereocenters. The van der Waals surface area contributed by atoms with Crippen molar-refractivity contribution in [2.24, 2.45) is 0 Å². The van der Waals surface area contributed by atoms with Gasteiger partial charge in [0.1, 0.15) is 5.82 Å². The molecule has 0 bridgehead atoms. The van der Waals surface area contributed by atoms with Gasteiger partial charge in [-0.25, -0.2) is 4.98 Å². The number of anilines is 1. The first-order valence-corrected chi connectivity index (χ1v) is 7.04. The zero-order valence-corrected chi connectivity index (χ0v) is 12.4. The van der Waals surface area contributed by atoms with E-state index in [4.69, 9.17) is 9.47 Å². The Labute approximate surface area is 120 Å². The molecule has 108 valence electrons. The average molecular weight is 274 g/mol. The van der Waals surface area contributed by atoms with Gasteiger partial charge in [0, 0.05) is 18.1 Å². The molecule has 2 rings (SSSR count). The highest BCUT2D eigenvalue weighted by atomic mass is 16.5. The summed E-state index contributed by atoms with van der Waals surface area (Å²) in [4.78, 5) is 4.43. The van der Waals surface area contributed by atoms with Gasteiger partial charge in [-0.05, 0) is 30.0 Å². The summed E-state index contributed by atoms with van der Waals surface area (Å²) < 4.78 is 10.7. The molecule has 2 aromatic rings. The maximum atomic E-state index is 5.36. The highest BCUT2D eigenvalue weighted by molar-refractivity contribution is 5.94. The molecule has 0 saturated heterocycles. The highest BCUT2D eigenvalue weighted by Crippen LogP contribution is 2.34. The Bertz CT molecular complexity index is 570. The third-order valence-corrected chi connectivity index (χ3v) is 3.34. The summed E-state index contributed by atoms with van der Waals surface area (Å²) in [6, 6.07) is 5.94. The van der Waals surface area contributed by atoms with E-state index in [-0.39, 0.29) is 0 Å². The maximum absolute atomic E-state index is 5.36. The van der Waals surface area contributed by atoms with E-state index < -0.39 is 0 Å². The maximum Gasteiger partial charge on any atom is 0.161 e. The Balaban J connectivity index is 2.30. The van der Waals surface area contributed by atoms with Crippen LogP contribution in [0.4, 0.5) is 5.82 Å². The number of hydrogen-bond acceptors (Lipinski definition) is 4. The lowest BCUT2D eigenvalue weighted by molar-refractivity contribution is 0.356. The van der Waals surface area contributed by atoms with Crippen LogP contribution in [0.3, 0.4) is 0 Å². The van der Waals surface area contributed by atoms with Crippen LogP contribution in [-0.2, 0) is 0 Å². The second-order valence-corrected chi connectivity index (χ2v) is 4.72. The van der Waals surface area contributed by atoms with Crippen molar-refractivity contribution in [2.45, 2.75) is 26.2 Å². The Hall–Kier alpha value is -1.97. The lowest BCUT2D eigenvalue weighted by Crippen LogP contribution is -2.03. The van der Waals surface area contributed by atoms with Crippen LogP contribution in [0.2, 0.25) is 0 Å². The number of unbranched alkanes of at least 4 members (excludes halogenated alkanes) is 2. The van der Waals surface area contributed by atoms with Gasteiger partial charge in [0.2, 0.25) is 0 Å². The van der Waals surface area contributed by atoms with Crippen molar-refractivity contribution >= 4 is 16.6 Å². The van der Waals surface area contributed by atoms with Crippen molar-refractivity contribution in [3.05, 3.63) is 24.4 Å². The summed E-state index contributed by atoms with van der Waals surface area (Å²) in [6.45, 7) is 3.14. The smallest absolute Gasteiger partial charge is 0.161 e. The standard InChI is InChI=1S/C16H22N2O2/c1-4-5-6-8-17-16-13-11-15(20-3)14(19-2)10-12(13)7-9-18-16/h7,9-11H,4-6,8H2,1-3H3,(H,17,18). The van der Waals surface area contributed by atoms with Gasteiger partial charge in [0.05, 0.1) is 14.2 Å². The molecule has 1 aromatic heterocycles. The SMILES string of the molecule is CCCCCNc1nccc2cc(OC)c(OC)cc12. The second kappa shape index (κ2) is 6.98. The zero-order valence-electron chi connectivity index (χ0n) is 12.4. The third-order valence-electron chi connectivity index (χ3n) is 3.34. The minimum Gasteiger partial charge on any atom is -0.493 e. The molecule has 4 heteroatoms. The minimum absolute atomic E-state index is 0.726. The molecule has 0 aliphatic heterocycles. The number of rotatable bonds is 7. The minimum atomic E-state index is 0.726. The molecule has 1 N–H and O–H groups in total. The largest absolute Gasteiger partial charge is 0.493 e. The Kier molecular flexibility index (Phi) is 5.04. The van der Waals surface area contributed by atoms with Gasteiger partial charge in [-0.3, -0.25) is 0 Å². The Morgan fingerprint density at radius 3 is 2.55 bits per heavy atom. The van der Waals surface area contributed by atoms with Crippen LogP contribution in [0.1, 0.15) is 26.2 Å². The van der Waals surface area contributed by atoms with Crippen LogP contribution < -0.4 is 14.8 Å². The molecule has 0 atom stereocenters. The number of ether oxygens (including phenoxy) is 2. The molecule has 4 nitrogen and oxygen atoms in total. The highest BCUT2D eigenvalue weighted by Gasteiger charge is 2.09. The summed E-state index contributed by atoms with van der Waals surface area (Å²) in [5, 5.41) is 5.55. The summed E-state index contributed by atoms with van der Waals surface area (Å²) in [6.07, 6.45) is 5.42. The number of fused-ring (bicyclic) bond motifs is 1. The van der Waals surface area contributed by atoms with Gasteiger partial charge in [-0.15, -0.1) is 0 Å². The summed E-state index contributed by atoms with van der Waals surface area (Å²) in [5.74, 6) is 2.37. The van der Waals surface area contributed by atoms with E-state index in [1.165, 1.54) is 12.8 Å². The molecule has 0 amide bonds. The lowest BCUT2D eigenvalue weighted by atomic mass is 10.1. The molecule has 0 saturated carbocycles. The van der Waals surface area contributed by atoms with E-state index in [9.17, 15) is 0 Å². The van der Waals surface area contributed by atoms with Gasteiger partial charge in [-0.2, -0.15) is 0 Å². The molecule has 0 aliphatic rings. The first-order chi connectivity index (χ1) is 9.80. The predicted molar refractivity (Wildman–Crippen MR) is 82.9 cm³/mol.